The van der Waals surface area contributed by atoms with E-state index in [0.717, 1.165) is 4.47 Å². The first-order valence-electron chi connectivity index (χ1n) is 8.45. The number of benzene rings is 1. The lowest BCUT2D eigenvalue weighted by molar-refractivity contribution is 0.00865. The first-order valence-corrected chi connectivity index (χ1v) is 10.2. The number of amides is 1. The molecule has 142 valence electrons. The largest absolute Gasteiger partial charge is 0.444 e. The van der Waals surface area contributed by atoms with E-state index in [9.17, 15) is 9.18 Å². The summed E-state index contributed by atoms with van der Waals surface area (Å²) in [7, 11) is 0. The van der Waals surface area contributed by atoms with E-state index in [1.807, 2.05) is 0 Å². The molecule has 0 spiro atoms. The second-order valence-corrected chi connectivity index (χ2v) is 9.35. The molecule has 1 fully saturated rings. The smallest absolute Gasteiger partial charge is 0.413 e. The van der Waals surface area contributed by atoms with E-state index in [0.29, 0.717) is 36.1 Å². The van der Waals surface area contributed by atoms with Crippen LogP contribution in [-0.4, -0.2) is 35.8 Å². The fourth-order valence-electron chi connectivity index (χ4n) is 3.22. The normalized spacial score (nSPS) is 25.9. The van der Waals surface area contributed by atoms with Gasteiger partial charge in [0.25, 0.3) is 0 Å². The molecule has 2 unspecified atom stereocenters. The lowest BCUT2D eigenvalue weighted by Crippen LogP contribution is -2.48. The molecule has 0 bridgehead atoms. The predicted octanol–water partition coefficient (Wildman–Crippen LogP) is 4.45. The van der Waals surface area contributed by atoms with Crippen LogP contribution in [-0.2, 0) is 15.0 Å². The number of carbonyl (C=O) groups excluding carboxylic acids is 1. The van der Waals surface area contributed by atoms with Gasteiger partial charge in [0.05, 0.1) is 12.1 Å². The van der Waals surface area contributed by atoms with Crippen molar-refractivity contribution < 1.29 is 18.7 Å². The summed E-state index contributed by atoms with van der Waals surface area (Å²) in [6.07, 6.45) is 0.00425. The van der Waals surface area contributed by atoms with Crippen molar-refractivity contribution in [2.45, 2.75) is 38.3 Å². The highest BCUT2D eigenvalue weighted by Crippen LogP contribution is 2.46. The average Bonchev–Trinajstić information content (AvgIpc) is 2.55. The van der Waals surface area contributed by atoms with Gasteiger partial charge in [-0.05, 0) is 39.0 Å². The van der Waals surface area contributed by atoms with Gasteiger partial charge in [0.15, 0.2) is 5.17 Å². The summed E-state index contributed by atoms with van der Waals surface area (Å²) < 4.78 is 26.4. The molecule has 1 aromatic rings. The number of rotatable bonds is 1. The molecule has 0 radical (unpaired) electrons. The molecular weight excluding hydrogens is 423 g/mol. The van der Waals surface area contributed by atoms with Crippen LogP contribution < -0.4 is 5.32 Å². The molecule has 1 N–H and O–H groups in total. The minimum absolute atomic E-state index is 0.0363. The molecule has 2 aliphatic heterocycles. The third-order valence-corrected chi connectivity index (χ3v) is 5.88. The summed E-state index contributed by atoms with van der Waals surface area (Å²) in [5.74, 6) is 0.419. The number of fused-ring (bicyclic) bond motifs is 1. The third-order valence-electron chi connectivity index (χ3n) is 4.35. The fraction of sp³-hybridized carbons (Fsp3) is 0.556. The second-order valence-electron chi connectivity index (χ2n) is 7.43. The quantitative estimate of drug-likeness (QED) is 0.694. The van der Waals surface area contributed by atoms with Crippen molar-refractivity contribution in [1.29, 1.82) is 0 Å². The Morgan fingerprint density at radius 2 is 2.27 bits per heavy atom. The molecule has 0 aromatic heterocycles. The number of halogens is 2. The van der Waals surface area contributed by atoms with E-state index in [2.05, 4.69) is 21.2 Å². The van der Waals surface area contributed by atoms with Gasteiger partial charge in [-0.1, -0.05) is 27.7 Å². The van der Waals surface area contributed by atoms with Crippen LogP contribution in [0.5, 0.6) is 0 Å². The Morgan fingerprint density at radius 1 is 1.50 bits per heavy atom. The number of nitrogens with zero attached hydrogens (tertiary/aromatic N) is 1. The van der Waals surface area contributed by atoms with E-state index in [1.165, 1.54) is 17.8 Å². The van der Waals surface area contributed by atoms with E-state index < -0.39 is 17.2 Å². The van der Waals surface area contributed by atoms with Crippen molar-refractivity contribution in [3.8, 4) is 0 Å². The Morgan fingerprint density at radius 3 is 3.00 bits per heavy atom. The number of aliphatic imine (C=N–C) groups is 1. The van der Waals surface area contributed by atoms with Crippen LogP contribution in [0.4, 0.5) is 9.18 Å². The highest BCUT2D eigenvalue weighted by Gasteiger charge is 2.47. The van der Waals surface area contributed by atoms with Gasteiger partial charge in [-0.2, -0.15) is 0 Å². The van der Waals surface area contributed by atoms with Crippen LogP contribution in [0.15, 0.2) is 27.7 Å². The maximum absolute atomic E-state index is 14.7. The first kappa shape index (κ1) is 19.6. The van der Waals surface area contributed by atoms with Crippen molar-refractivity contribution in [2.24, 2.45) is 10.9 Å². The van der Waals surface area contributed by atoms with Crippen LogP contribution in [0.25, 0.3) is 0 Å². The molecule has 3 rings (SSSR count). The van der Waals surface area contributed by atoms with Crippen LogP contribution in [0.2, 0.25) is 0 Å². The number of hydrogen-bond donors (Lipinski definition) is 1. The third kappa shape index (κ3) is 4.23. The summed E-state index contributed by atoms with van der Waals surface area (Å²) in [5, 5.41) is 3.17. The molecule has 2 heterocycles. The molecule has 8 heteroatoms. The van der Waals surface area contributed by atoms with Crippen molar-refractivity contribution in [3.63, 3.8) is 0 Å². The number of amidine groups is 1. The Kier molecular flexibility index (Phi) is 5.65. The lowest BCUT2D eigenvalue weighted by atomic mass is 9.75. The average molecular weight is 445 g/mol. The number of alkyl carbamates (subject to hydrolysis) is 1. The summed E-state index contributed by atoms with van der Waals surface area (Å²) in [5.41, 5.74) is -0.815. The molecule has 1 amide bonds. The molecule has 0 aliphatic carbocycles. The Hall–Kier alpha value is -1.12. The van der Waals surface area contributed by atoms with Crippen LogP contribution >= 0.6 is 27.7 Å². The Labute approximate surface area is 165 Å². The molecular formula is C18H22BrFN2O3S. The van der Waals surface area contributed by atoms with E-state index in [1.54, 1.807) is 32.9 Å². The second kappa shape index (κ2) is 7.48. The number of hydrogen-bond acceptors (Lipinski definition) is 5. The van der Waals surface area contributed by atoms with Crippen LogP contribution in [0.1, 0.15) is 32.8 Å². The number of nitrogens with one attached hydrogen (secondary N) is 1. The number of thioether (sulfide) groups is 1. The van der Waals surface area contributed by atoms with Crippen LogP contribution in [0.3, 0.4) is 0 Å². The van der Waals surface area contributed by atoms with Gasteiger partial charge in [0.1, 0.15) is 11.4 Å². The molecule has 1 aromatic carbocycles. The summed E-state index contributed by atoms with van der Waals surface area (Å²) in [4.78, 5) is 16.9. The number of carbonyl (C=O) groups is 1. The van der Waals surface area contributed by atoms with Crippen molar-refractivity contribution in [1.82, 2.24) is 5.32 Å². The van der Waals surface area contributed by atoms with E-state index in [4.69, 9.17) is 14.5 Å². The summed E-state index contributed by atoms with van der Waals surface area (Å²) in [6.45, 7) is 6.42. The standard InChI is InChI=1S/C18H22BrFN2O3S/c1-17(2,3)25-16(23)21-15-22-18(6-7-24-9-11(18)10-26-15)13-8-12(19)4-5-14(13)20/h4-5,8,11H,6-7,9-10H2,1-3H3,(H,21,22,23). The molecule has 5 nitrogen and oxygen atoms in total. The molecule has 2 aliphatic rings. The topological polar surface area (TPSA) is 59.9 Å². The molecule has 2 atom stereocenters. The maximum atomic E-state index is 14.7. The highest BCUT2D eigenvalue weighted by atomic mass is 79.9. The van der Waals surface area contributed by atoms with Gasteiger partial charge < -0.3 is 9.47 Å². The van der Waals surface area contributed by atoms with E-state index in [-0.39, 0.29) is 11.7 Å². The Bertz CT molecular complexity index is 738. The van der Waals surface area contributed by atoms with Gasteiger partial charge in [-0.3, -0.25) is 10.3 Å². The maximum Gasteiger partial charge on any atom is 0.413 e. The fourth-order valence-corrected chi connectivity index (χ4v) is 4.70. The zero-order valence-electron chi connectivity index (χ0n) is 15.0. The zero-order valence-corrected chi connectivity index (χ0v) is 17.4. The summed E-state index contributed by atoms with van der Waals surface area (Å²) >= 11 is 4.85. The van der Waals surface area contributed by atoms with Gasteiger partial charge >= 0.3 is 6.09 Å². The summed E-state index contributed by atoms with van der Waals surface area (Å²) in [6, 6.07) is 4.89. The van der Waals surface area contributed by atoms with Crippen molar-refractivity contribution >= 4 is 39.0 Å². The molecule has 0 saturated carbocycles. The van der Waals surface area contributed by atoms with Gasteiger partial charge in [0.2, 0.25) is 0 Å². The predicted molar refractivity (Wildman–Crippen MR) is 104 cm³/mol. The van der Waals surface area contributed by atoms with Gasteiger partial charge in [-0.25, -0.2) is 9.18 Å². The highest BCUT2D eigenvalue weighted by molar-refractivity contribution is 9.10. The molecule has 26 heavy (non-hydrogen) atoms. The number of ether oxygens (including phenoxy) is 2. The van der Waals surface area contributed by atoms with Crippen molar-refractivity contribution in [3.05, 3.63) is 34.1 Å². The van der Waals surface area contributed by atoms with Crippen LogP contribution in [0, 0.1) is 11.7 Å². The van der Waals surface area contributed by atoms with Gasteiger partial charge in [-0.15, -0.1) is 0 Å². The first-order chi connectivity index (χ1) is 12.2. The SMILES string of the molecule is CC(C)(C)OC(=O)NC1=NC2(c3cc(Br)ccc3F)CCOCC2CS1. The van der Waals surface area contributed by atoms with Gasteiger partial charge in [0, 0.05) is 34.7 Å². The minimum Gasteiger partial charge on any atom is -0.444 e. The molecule has 1 saturated heterocycles. The lowest BCUT2D eigenvalue weighted by Gasteiger charge is -2.44. The van der Waals surface area contributed by atoms with E-state index >= 15 is 0 Å². The minimum atomic E-state index is -0.748. The Balaban J connectivity index is 1.95. The monoisotopic (exact) mass is 444 g/mol. The zero-order chi connectivity index (χ0) is 18.9. The van der Waals surface area contributed by atoms with Crippen molar-refractivity contribution in [2.75, 3.05) is 19.0 Å².